The van der Waals surface area contributed by atoms with Crippen LogP contribution in [0.5, 0.6) is 0 Å². The van der Waals surface area contributed by atoms with E-state index in [0.29, 0.717) is 16.1 Å². The van der Waals surface area contributed by atoms with E-state index in [9.17, 15) is 0 Å². The molecule has 0 spiro atoms. The van der Waals surface area contributed by atoms with E-state index in [2.05, 4.69) is 32.2 Å². The van der Waals surface area contributed by atoms with E-state index in [4.69, 9.17) is 23.2 Å². The van der Waals surface area contributed by atoms with Crippen LogP contribution in [0.2, 0.25) is 10.0 Å². The molecule has 1 aromatic carbocycles. The molecule has 0 bridgehead atoms. The molecule has 1 nitrogen and oxygen atoms in total. The maximum atomic E-state index is 6.08. The second-order valence-electron chi connectivity index (χ2n) is 6.56. The van der Waals surface area contributed by atoms with Crippen molar-refractivity contribution in [1.29, 1.82) is 0 Å². The fourth-order valence-electron chi connectivity index (χ4n) is 3.34. The summed E-state index contributed by atoms with van der Waals surface area (Å²) in [6, 6.07) is 6.52. The van der Waals surface area contributed by atoms with Crippen LogP contribution in [0.3, 0.4) is 0 Å². The molecule has 112 valence electrons. The first-order valence-electron chi connectivity index (χ1n) is 7.64. The Balaban J connectivity index is 1.98. The number of rotatable bonds is 4. The normalized spacial score (nSPS) is 27.0. The van der Waals surface area contributed by atoms with Gasteiger partial charge in [-0.3, -0.25) is 0 Å². The Kier molecular flexibility index (Phi) is 5.77. The van der Waals surface area contributed by atoms with Gasteiger partial charge >= 0.3 is 0 Å². The monoisotopic (exact) mass is 313 g/mol. The average molecular weight is 314 g/mol. The maximum Gasteiger partial charge on any atom is 0.0595 e. The number of halogens is 2. The molecule has 1 aliphatic rings. The van der Waals surface area contributed by atoms with Gasteiger partial charge < -0.3 is 5.32 Å². The summed E-state index contributed by atoms with van der Waals surface area (Å²) in [6.45, 7) is 7.92. The number of benzene rings is 1. The van der Waals surface area contributed by atoms with Gasteiger partial charge in [-0.25, -0.2) is 0 Å². The van der Waals surface area contributed by atoms with Gasteiger partial charge in [0.1, 0.15) is 0 Å². The molecule has 0 saturated heterocycles. The molecule has 0 amide bonds. The van der Waals surface area contributed by atoms with Crippen LogP contribution in [0.1, 0.15) is 45.6 Å². The Morgan fingerprint density at radius 3 is 2.60 bits per heavy atom. The van der Waals surface area contributed by atoms with Crippen molar-refractivity contribution in [3.8, 4) is 0 Å². The van der Waals surface area contributed by atoms with Gasteiger partial charge in [0.15, 0.2) is 0 Å². The topological polar surface area (TPSA) is 12.0 Å². The van der Waals surface area contributed by atoms with Crippen LogP contribution in [-0.2, 0) is 6.54 Å². The van der Waals surface area contributed by atoms with Crippen LogP contribution < -0.4 is 5.32 Å². The first kappa shape index (κ1) is 16.1. The van der Waals surface area contributed by atoms with Crippen molar-refractivity contribution in [2.45, 2.75) is 52.6 Å². The highest BCUT2D eigenvalue weighted by Gasteiger charge is 2.30. The predicted molar refractivity (Wildman–Crippen MR) is 88.4 cm³/mol. The molecule has 3 atom stereocenters. The lowest BCUT2D eigenvalue weighted by atomic mass is 9.74. The number of hydrogen-bond donors (Lipinski definition) is 1. The highest BCUT2D eigenvalue weighted by molar-refractivity contribution is 6.42. The Morgan fingerprint density at radius 1 is 1.20 bits per heavy atom. The Bertz CT molecular complexity index is 445. The van der Waals surface area contributed by atoms with Crippen molar-refractivity contribution in [3.63, 3.8) is 0 Å². The fraction of sp³-hybridized carbons (Fsp3) is 0.647. The molecular weight excluding hydrogens is 289 g/mol. The molecule has 20 heavy (non-hydrogen) atoms. The van der Waals surface area contributed by atoms with Crippen molar-refractivity contribution < 1.29 is 0 Å². The van der Waals surface area contributed by atoms with Crippen molar-refractivity contribution in [3.05, 3.63) is 33.8 Å². The van der Waals surface area contributed by atoms with Crippen LogP contribution >= 0.6 is 23.2 Å². The van der Waals surface area contributed by atoms with E-state index < -0.39 is 0 Å². The van der Waals surface area contributed by atoms with Gasteiger partial charge in [-0.1, -0.05) is 56.5 Å². The van der Waals surface area contributed by atoms with E-state index in [1.54, 1.807) is 0 Å². The molecule has 1 N–H and O–H groups in total. The van der Waals surface area contributed by atoms with E-state index in [1.807, 2.05) is 12.1 Å². The van der Waals surface area contributed by atoms with Crippen molar-refractivity contribution in [1.82, 2.24) is 5.32 Å². The van der Waals surface area contributed by atoms with Gasteiger partial charge in [-0.15, -0.1) is 0 Å². The fourth-order valence-corrected chi connectivity index (χ4v) is 3.66. The maximum absolute atomic E-state index is 6.08. The van der Waals surface area contributed by atoms with E-state index in [-0.39, 0.29) is 0 Å². The molecule has 0 aliphatic heterocycles. The largest absolute Gasteiger partial charge is 0.310 e. The lowest BCUT2D eigenvalue weighted by molar-refractivity contribution is 0.169. The van der Waals surface area contributed by atoms with E-state index >= 15 is 0 Å². The molecule has 1 aromatic rings. The Labute approximate surface area is 133 Å². The minimum Gasteiger partial charge on any atom is -0.310 e. The summed E-state index contributed by atoms with van der Waals surface area (Å²) in [5.41, 5.74) is 1.21. The summed E-state index contributed by atoms with van der Waals surface area (Å²) in [5.74, 6) is 2.36. The number of nitrogens with one attached hydrogen (secondary N) is 1. The molecule has 0 radical (unpaired) electrons. The molecule has 2 rings (SSSR count). The zero-order valence-corrected chi connectivity index (χ0v) is 14.1. The molecule has 0 aromatic heterocycles. The van der Waals surface area contributed by atoms with E-state index in [1.165, 1.54) is 24.8 Å². The second-order valence-corrected chi connectivity index (χ2v) is 7.38. The summed E-state index contributed by atoms with van der Waals surface area (Å²) in [5, 5.41) is 5.01. The van der Waals surface area contributed by atoms with Gasteiger partial charge in [-0.2, -0.15) is 0 Å². The number of hydrogen-bond acceptors (Lipinski definition) is 1. The summed E-state index contributed by atoms with van der Waals surface area (Å²) < 4.78 is 0. The third kappa shape index (κ3) is 4.13. The van der Waals surface area contributed by atoms with Gasteiger partial charge in [0.05, 0.1) is 10.0 Å². The first-order valence-corrected chi connectivity index (χ1v) is 8.40. The third-order valence-electron chi connectivity index (χ3n) is 4.57. The summed E-state index contributed by atoms with van der Waals surface area (Å²) in [7, 11) is 0. The van der Waals surface area contributed by atoms with Crippen molar-refractivity contribution in [2.24, 2.45) is 17.8 Å². The molecule has 1 aliphatic carbocycles. The lowest BCUT2D eigenvalue weighted by Gasteiger charge is -2.38. The zero-order valence-electron chi connectivity index (χ0n) is 12.6. The van der Waals surface area contributed by atoms with Crippen LogP contribution in [0.15, 0.2) is 18.2 Å². The molecule has 3 heteroatoms. The molecular formula is C17H25Cl2N. The summed E-state index contributed by atoms with van der Waals surface area (Å²) in [4.78, 5) is 0. The van der Waals surface area contributed by atoms with Crippen LogP contribution in [0.4, 0.5) is 0 Å². The Hall–Kier alpha value is -0.240. The van der Waals surface area contributed by atoms with Crippen LogP contribution in [0, 0.1) is 17.8 Å². The smallest absolute Gasteiger partial charge is 0.0595 e. The van der Waals surface area contributed by atoms with Gasteiger partial charge in [0, 0.05) is 12.6 Å². The van der Waals surface area contributed by atoms with Gasteiger partial charge in [0.2, 0.25) is 0 Å². The minimum absolute atomic E-state index is 0.619. The van der Waals surface area contributed by atoms with Gasteiger partial charge in [-0.05, 0) is 48.3 Å². The molecule has 1 fully saturated rings. The molecule has 1 saturated carbocycles. The summed E-state index contributed by atoms with van der Waals surface area (Å²) >= 11 is 12.0. The second kappa shape index (κ2) is 7.15. The van der Waals surface area contributed by atoms with Crippen LogP contribution in [0.25, 0.3) is 0 Å². The van der Waals surface area contributed by atoms with E-state index in [0.717, 1.165) is 24.3 Å². The van der Waals surface area contributed by atoms with Crippen LogP contribution in [-0.4, -0.2) is 6.04 Å². The average Bonchev–Trinajstić information content (AvgIpc) is 2.40. The molecule has 0 heterocycles. The predicted octanol–water partition coefficient (Wildman–Crippen LogP) is 5.54. The molecule has 3 unspecified atom stereocenters. The summed E-state index contributed by atoms with van der Waals surface area (Å²) in [6.07, 6.45) is 4.00. The first-order chi connectivity index (χ1) is 9.47. The van der Waals surface area contributed by atoms with Crippen molar-refractivity contribution in [2.75, 3.05) is 0 Å². The zero-order chi connectivity index (χ0) is 14.7. The Morgan fingerprint density at radius 2 is 1.95 bits per heavy atom. The highest BCUT2D eigenvalue weighted by atomic mass is 35.5. The highest BCUT2D eigenvalue weighted by Crippen LogP contribution is 2.33. The van der Waals surface area contributed by atoms with Gasteiger partial charge in [0.25, 0.3) is 0 Å². The minimum atomic E-state index is 0.619. The quantitative estimate of drug-likeness (QED) is 0.769. The third-order valence-corrected chi connectivity index (χ3v) is 5.31. The van der Waals surface area contributed by atoms with Crippen molar-refractivity contribution >= 4 is 23.2 Å². The standard InChI is InChI=1S/C17H25Cl2N/c1-11(2)14-6-4-12(3)8-17(14)20-10-13-5-7-15(18)16(19)9-13/h5,7,9,11-12,14,17,20H,4,6,8,10H2,1-3H3. The SMILES string of the molecule is CC1CCC(C(C)C)C(NCc2ccc(Cl)c(Cl)c2)C1. The lowest BCUT2D eigenvalue weighted by Crippen LogP contribution is -2.42.